The van der Waals surface area contributed by atoms with Gasteiger partial charge in [0.05, 0.1) is 0 Å². The van der Waals surface area contributed by atoms with E-state index in [1.807, 2.05) is 42.5 Å². The summed E-state index contributed by atoms with van der Waals surface area (Å²) in [6.07, 6.45) is 0. The number of ether oxygens (including phenoxy) is 1. The van der Waals surface area contributed by atoms with Gasteiger partial charge in [0.1, 0.15) is 5.75 Å². The zero-order valence-electron chi connectivity index (χ0n) is 9.55. The summed E-state index contributed by atoms with van der Waals surface area (Å²) in [6.45, 7) is 0. The quantitative estimate of drug-likeness (QED) is 0.712. The summed E-state index contributed by atoms with van der Waals surface area (Å²) in [7, 11) is 0. The lowest BCUT2D eigenvalue weighted by Gasteiger charge is -2.08. The largest absolute Gasteiger partial charge is 0.436 e. The highest BCUT2D eigenvalue weighted by Crippen LogP contribution is 2.31. The second kappa shape index (κ2) is 4.99. The molecule has 0 fully saturated rings. The average Bonchev–Trinajstić information content (AvgIpc) is 2.43. The van der Waals surface area contributed by atoms with Crippen LogP contribution in [0, 0.1) is 0 Å². The van der Waals surface area contributed by atoms with E-state index < -0.39 is 0 Å². The standard InChI is InChI=1S/C13H7Cl2N3O/c14-11-12(16-13(15)18-17-11)19-10-7-3-5-8-4-1-2-6-9(8)10/h1-7H. The van der Waals surface area contributed by atoms with Crippen LogP contribution in [0.2, 0.25) is 10.4 Å². The molecule has 0 saturated carbocycles. The second-order valence-corrected chi connectivity index (χ2v) is 4.45. The van der Waals surface area contributed by atoms with Crippen LogP contribution in [-0.2, 0) is 0 Å². The molecule has 3 rings (SSSR count). The maximum Gasteiger partial charge on any atom is 0.262 e. The number of hydrogen-bond donors (Lipinski definition) is 0. The molecule has 0 saturated heterocycles. The van der Waals surface area contributed by atoms with E-state index in [1.54, 1.807) is 0 Å². The molecule has 6 heteroatoms. The highest BCUT2D eigenvalue weighted by molar-refractivity contribution is 6.31. The molecule has 0 spiro atoms. The van der Waals surface area contributed by atoms with Crippen molar-refractivity contribution < 1.29 is 4.74 Å². The predicted octanol–water partition coefficient (Wildman–Crippen LogP) is 4.12. The Balaban J connectivity index is 2.08. The molecule has 0 atom stereocenters. The second-order valence-electron chi connectivity index (χ2n) is 3.76. The SMILES string of the molecule is Clc1nnc(Cl)c(Oc2cccc3ccccc23)n1. The third-order valence-corrected chi connectivity index (χ3v) is 2.94. The molecule has 0 radical (unpaired) electrons. The maximum absolute atomic E-state index is 5.88. The van der Waals surface area contributed by atoms with Gasteiger partial charge in [-0.2, -0.15) is 4.98 Å². The Hall–Kier alpha value is -1.91. The number of fused-ring (bicyclic) bond motifs is 1. The van der Waals surface area contributed by atoms with Crippen LogP contribution in [0.3, 0.4) is 0 Å². The fourth-order valence-electron chi connectivity index (χ4n) is 1.73. The Morgan fingerprint density at radius 3 is 2.58 bits per heavy atom. The minimum absolute atomic E-state index is 0.0142. The Bertz CT molecular complexity index is 744. The van der Waals surface area contributed by atoms with Gasteiger partial charge in [-0.1, -0.05) is 48.0 Å². The molecule has 94 valence electrons. The zero-order chi connectivity index (χ0) is 13.2. The van der Waals surface area contributed by atoms with Crippen molar-refractivity contribution >= 4 is 34.0 Å². The van der Waals surface area contributed by atoms with Crippen molar-refractivity contribution in [1.82, 2.24) is 15.2 Å². The summed E-state index contributed by atoms with van der Waals surface area (Å²) in [5.74, 6) is 0.773. The van der Waals surface area contributed by atoms with Crippen molar-refractivity contribution in [2.45, 2.75) is 0 Å². The summed E-state index contributed by atoms with van der Waals surface area (Å²) in [5.41, 5.74) is 0. The highest BCUT2D eigenvalue weighted by atomic mass is 35.5. The maximum atomic E-state index is 5.88. The lowest BCUT2D eigenvalue weighted by Crippen LogP contribution is -1.95. The van der Waals surface area contributed by atoms with E-state index in [1.165, 1.54) is 0 Å². The minimum Gasteiger partial charge on any atom is -0.436 e. The van der Waals surface area contributed by atoms with Crippen molar-refractivity contribution in [3.05, 3.63) is 52.9 Å². The topological polar surface area (TPSA) is 47.9 Å². The molecule has 4 nitrogen and oxygen atoms in total. The monoisotopic (exact) mass is 291 g/mol. The molecule has 3 aromatic rings. The number of aromatic nitrogens is 3. The molecule has 0 bridgehead atoms. The smallest absolute Gasteiger partial charge is 0.262 e. The third-order valence-electron chi connectivity index (χ3n) is 2.55. The summed E-state index contributed by atoms with van der Waals surface area (Å²) < 4.78 is 5.67. The Morgan fingerprint density at radius 1 is 0.895 bits per heavy atom. The zero-order valence-corrected chi connectivity index (χ0v) is 11.1. The summed E-state index contributed by atoms with van der Waals surface area (Å²) in [4.78, 5) is 3.91. The van der Waals surface area contributed by atoms with E-state index in [4.69, 9.17) is 27.9 Å². The van der Waals surface area contributed by atoms with Gasteiger partial charge in [0.2, 0.25) is 10.4 Å². The number of hydrogen-bond acceptors (Lipinski definition) is 4. The van der Waals surface area contributed by atoms with Crippen LogP contribution >= 0.6 is 23.2 Å². The average molecular weight is 292 g/mol. The van der Waals surface area contributed by atoms with Gasteiger partial charge in [0.15, 0.2) is 0 Å². The predicted molar refractivity (Wildman–Crippen MR) is 73.9 cm³/mol. The lowest BCUT2D eigenvalue weighted by atomic mass is 10.1. The van der Waals surface area contributed by atoms with Crippen LogP contribution in [0.15, 0.2) is 42.5 Å². The Kier molecular flexibility index (Phi) is 3.19. The van der Waals surface area contributed by atoms with Gasteiger partial charge in [0, 0.05) is 5.39 Å². The molecule has 19 heavy (non-hydrogen) atoms. The Morgan fingerprint density at radius 2 is 1.68 bits per heavy atom. The van der Waals surface area contributed by atoms with Crippen molar-refractivity contribution in [1.29, 1.82) is 0 Å². The molecule has 1 heterocycles. The van der Waals surface area contributed by atoms with Gasteiger partial charge in [0.25, 0.3) is 5.88 Å². The van der Waals surface area contributed by atoms with Gasteiger partial charge in [-0.3, -0.25) is 0 Å². The first-order chi connectivity index (χ1) is 9.24. The molecule has 1 aromatic heterocycles. The van der Waals surface area contributed by atoms with Crippen LogP contribution in [0.25, 0.3) is 10.8 Å². The summed E-state index contributed by atoms with van der Waals surface area (Å²) >= 11 is 11.6. The van der Waals surface area contributed by atoms with Gasteiger partial charge in [-0.05, 0) is 23.1 Å². The van der Waals surface area contributed by atoms with Gasteiger partial charge >= 0.3 is 0 Å². The van der Waals surface area contributed by atoms with E-state index in [2.05, 4.69) is 15.2 Å². The molecule has 0 N–H and O–H groups in total. The molecule has 0 aliphatic rings. The fraction of sp³-hybridized carbons (Fsp3) is 0. The summed E-state index contributed by atoms with van der Waals surface area (Å²) in [6, 6.07) is 13.6. The minimum atomic E-state index is -0.0142. The molecule has 2 aromatic carbocycles. The number of nitrogens with zero attached hydrogens (tertiary/aromatic N) is 3. The van der Waals surface area contributed by atoms with Gasteiger partial charge < -0.3 is 4.74 Å². The van der Waals surface area contributed by atoms with Crippen molar-refractivity contribution in [3.8, 4) is 11.6 Å². The first-order valence-electron chi connectivity index (χ1n) is 5.45. The number of rotatable bonds is 2. The van der Waals surface area contributed by atoms with Gasteiger partial charge in [-0.15, -0.1) is 10.2 Å². The van der Waals surface area contributed by atoms with Crippen LogP contribution < -0.4 is 4.74 Å². The van der Waals surface area contributed by atoms with Crippen LogP contribution in [0.1, 0.15) is 0 Å². The molecule has 0 aliphatic carbocycles. The van der Waals surface area contributed by atoms with E-state index in [-0.39, 0.29) is 16.3 Å². The third kappa shape index (κ3) is 2.45. The van der Waals surface area contributed by atoms with E-state index in [0.29, 0.717) is 5.75 Å². The molecule has 0 unspecified atom stereocenters. The lowest BCUT2D eigenvalue weighted by molar-refractivity contribution is 0.462. The van der Waals surface area contributed by atoms with Crippen LogP contribution in [0.5, 0.6) is 11.6 Å². The van der Waals surface area contributed by atoms with Crippen LogP contribution in [0.4, 0.5) is 0 Å². The highest BCUT2D eigenvalue weighted by Gasteiger charge is 2.10. The number of halogens is 2. The number of benzene rings is 2. The van der Waals surface area contributed by atoms with Crippen molar-refractivity contribution in [3.63, 3.8) is 0 Å². The summed E-state index contributed by atoms with van der Waals surface area (Å²) in [5, 5.41) is 9.25. The molecule has 0 amide bonds. The van der Waals surface area contributed by atoms with E-state index in [0.717, 1.165) is 10.8 Å². The first kappa shape index (κ1) is 12.1. The van der Waals surface area contributed by atoms with Gasteiger partial charge in [-0.25, -0.2) is 0 Å². The molecule has 0 aliphatic heterocycles. The van der Waals surface area contributed by atoms with E-state index in [9.17, 15) is 0 Å². The normalized spacial score (nSPS) is 10.6. The fourth-order valence-corrected chi connectivity index (χ4v) is 1.97. The van der Waals surface area contributed by atoms with Crippen molar-refractivity contribution in [2.24, 2.45) is 0 Å². The molecular formula is C13H7Cl2N3O. The van der Waals surface area contributed by atoms with Crippen LogP contribution in [-0.4, -0.2) is 15.2 Å². The van der Waals surface area contributed by atoms with Crippen molar-refractivity contribution in [2.75, 3.05) is 0 Å². The first-order valence-corrected chi connectivity index (χ1v) is 6.21. The Labute approximate surface area is 119 Å². The molecular weight excluding hydrogens is 285 g/mol. The van der Waals surface area contributed by atoms with E-state index >= 15 is 0 Å².